The van der Waals surface area contributed by atoms with Crippen LogP contribution in [0.25, 0.3) is 0 Å². The summed E-state index contributed by atoms with van der Waals surface area (Å²) in [6.45, 7) is 8.97. The van der Waals surface area contributed by atoms with Crippen molar-refractivity contribution in [2.75, 3.05) is 5.75 Å². The molecule has 0 aromatic carbocycles. The first kappa shape index (κ1) is 11.9. The highest BCUT2D eigenvalue weighted by Crippen LogP contribution is 2.19. The Morgan fingerprint density at radius 2 is 2.21 bits per heavy atom. The lowest BCUT2D eigenvalue weighted by Gasteiger charge is -2.20. The number of thioether (sulfide) groups is 1. The number of nitrogens with one attached hydrogen (secondary N) is 1. The van der Waals surface area contributed by atoms with Gasteiger partial charge < -0.3 is 5.32 Å². The number of nitrogens with zero attached hydrogens (tertiary/aromatic N) is 1. The molecule has 0 amide bonds. The van der Waals surface area contributed by atoms with Gasteiger partial charge in [-0.3, -0.25) is 4.99 Å². The summed E-state index contributed by atoms with van der Waals surface area (Å²) in [7, 11) is 0. The second-order valence-electron chi connectivity index (χ2n) is 4.13. The van der Waals surface area contributed by atoms with E-state index in [0.717, 1.165) is 23.3 Å². The summed E-state index contributed by atoms with van der Waals surface area (Å²) in [5.74, 6) is 1.88. The molecule has 0 fully saturated rings. The number of hydrogen-bond donors (Lipinski definition) is 1. The van der Waals surface area contributed by atoms with Crippen LogP contribution < -0.4 is 5.32 Å². The average molecular weight is 214 g/mol. The van der Waals surface area contributed by atoms with Crippen LogP contribution in [0.4, 0.5) is 0 Å². The maximum absolute atomic E-state index is 4.63. The highest BCUT2D eigenvalue weighted by atomic mass is 32.2. The fourth-order valence-corrected chi connectivity index (χ4v) is 2.55. The lowest BCUT2D eigenvalue weighted by atomic mass is 10.0. The van der Waals surface area contributed by atoms with Crippen molar-refractivity contribution in [1.29, 1.82) is 0 Å². The molecule has 82 valence electrons. The van der Waals surface area contributed by atoms with Gasteiger partial charge >= 0.3 is 0 Å². The molecule has 1 N–H and O–H groups in total. The predicted octanol–water partition coefficient (Wildman–Crippen LogP) is 2.89. The smallest absolute Gasteiger partial charge is 0.157 e. The Hall–Kier alpha value is -0.180. The first-order valence-corrected chi connectivity index (χ1v) is 6.63. The maximum atomic E-state index is 4.63. The Kier molecular flexibility index (Phi) is 4.79. The molecule has 3 atom stereocenters. The van der Waals surface area contributed by atoms with Crippen LogP contribution in [0.15, 0.2) is 4.99 Å². The number of amidine groups is 1. The number of hydrogen-bond acceptors (Lipinski definition) is 3. The van der Waals surface area contributed by atoms with Gasteiger partial charge in [0.2, 0.25) is 0 Å². The SMILES string of the molecule is CCC1CSC(NC(C)C(C)CC)=N1. The van der Waals surface area contributed by atoms with Crippen LogP contribution in [0.3, 0.4) is 0 Å². The quantitative estimate of drug-likeness (QED) is 0.778. The van der Waals surface area contributed by atoms with Crippen molar-refractivity contribution < 1.29 is 0 Å². The molecule has 0 spiro atoms. The second-order valence-corrected chi connectivity index (χ2v) is 5.13. The number of rotatable bonds is 4. The summed E-state index contributed by atoms with van der Waals surface area (Å²) < 4.78 is 0. The molecule has 14 heavy (non-hydrogen) atoms. The van der Waals surface area contributed by atoms with E-state index in [0.29, 0.717) is 12.1 Å². The maximum Gasteiger partial charge on any atom is 0.157 e. The molecule has 0 aromatic heterocycles. The number of aliphatic imine (C=N–C) groups is 1. The van der Waals surface area contributed by atoms with Gasteiger partial charge in [-0.1, -0.05) is 39.0 Å². The summed E-state index contributed by atoms with van der Waals surface area (Å²) in [4.78, 5) is 4.63. The monoisotopic (exact) mass is 214 g/mol. The average Bonchev–Trinajstić information content (AvgIpc) is 2.64. The Morgan fingerprint density at radius 1 is 1.50 bits per heavy atom. The van der Waals surface area contributed by atoms with Gasteiger partial charge in [0.1, 0.15) is 0 Å². The van der Waals surface area contributed by atoms with Crippen LogP contribution in [0.5, 0.6) is 0 Å². The Labute approximate surface area is 92.0 Å². The Balaban J connectivity index is 2.37. The normalized spacial score (nSPS) is 25.7. The molecular weight excluding hydrogens is 192 g/mol. The van der Waals surface area contributed by atoms with Gasteiger partial charge in [0, 0.05) is 11.8 Å². The molecule has 1 aliphatic heterocycles. The van der Waals surface area contributed by atoms with Gasteiger partial charge in [-0.15, -0.1) is 0 Å². The third-order valence-electron chi connectivity index (χ3n) is 3.03. The minimum atomic E-state index is 0.543. The standard InChI is InChI=1S/C11H22N2S/c1-5-8(3)9(4)12-11-13-10(6-2)7-14-11/h8-10H,5-7H2,1-4H3,(H,12,13). The summed E-state index contributed by atoms with van der Waals surface area (Å²) in [6, 6.07) is 1.09. The van der Waals surface area contributed by atoms with Crippen LogP contribution in [-0.4, -0.2) is 23.0 Å². The molecule has 3 heteroatoms. The van der Waals surface area contributed by atoms with Gasteiger partial charge in [-0.05, 0) is 19.3 Å². The minimum absolute atomic E-state index is 0.543. The van der Waals surface area contributed by atoms with E-state index in [4.69, 9.17) is 0 Å². The van der Waals surface area contributed by atoms with E-state index in [2.05, 4.69) is 38.0 Å². The topological polar surface area (TPSA) is 24.4 Å². The zero-order chi connectivity index (χ0) is 10.6. The fraction of sp³-hybridized carbons (Fsp3) is 0.909. The van der Waals surface area contributed by atoms with Crippen molar-refractivity contribution in [3.63, 3.8) is 0 Å². The first-order valence-electron chi connectivity index (χ1n) is 5.64. The summed E-state index contributed by atoms with van der Waals surface area (Å²) in [6.07, 6.45) is 2.39. The van der Waals surface area contributed by atoms with E-state index < -0.39 is 0 Å². The fourth-order valence-electron chi connectivity index (χ4n) is 1.39. The van der Waals surface area contributed by atoms with E-state index in [-0.39, 0.29) is 0 Å². The summed E-state index contributed by atoms with van der Waals surface area (Å²) >= 11 is 1.87. The van der Waals surface area contributed by atoms with Crippen LogP contribution in [0.1, 0.15) is 40.5 Å². The Morgan fingerprint density at radius 3 is 2.71 bits per heavy atom. The molecule has 0 saturated carbocycles. The van der Waals surface area contributed by atoms with Crippen molar-refractivity contribution in [1.82, 2.24) is 5.32 Å². The molecule has 0 radical (unpaired) electrons. The zero-order valence-electron chi connectivity index (χ0n) is 9.71. The van der Waals surface area contributed by atoms with Crippen molar-refractivity contribution in [2.45, 2.75) is 52.6 Å². The van der Waals surface area contributed by atoms with Gasteiger partial charge in [0.25, 0.3) is 0 Å². The van der Waals surface area contributed by atoms with Crippen molar-refractivity contribution >= 4 is 16.9 Å². The van der Waals surface area contributed by atoms with E-state index in [1.165, 1.54) is 6.42 Å². The molecule has 1 aliphatic rings. The van der Waals surface area contributed by atoms with E-state index in [9.17, 15) is 0 Å². The molecule has 3 unspecified atom stereocenters. The molecule has 0 bridgehead atoms. The van der Waals surface area contributed by atoms with E-state index in [1.807, 2.05) is 11.8 Å². The van der Waals surface area contributed by atoms with Crippen LogP contribution in [-0.2, 0) is 0 Å². The summed E-state index contributed by atoms with van der Waals surface area (Å²) in [5, 5.41) is 4.66. The largest absolute Gasteiger partial charge is 0.362 e. The van der Waals surface area contributed by atoms with Crippen molar-refractivity contribution in [3.8, 4) is 0 Å². The Bertz CT molecular complexity index is 203. The molecule has 0 aliphatic carbocycles. The first-order chi connectivity index (χ1) is 6.67. The van der Waals surface area contributed by atoms with Gasteiger partial charge in [-0.2, -0.15) is 0 Å². The van der Waals surface area contributed by atoms with Crippen LogP contribution in [0.2, 0.25) is 0 Å². The molecular formula is C11H22N2S. The lowest BCUT2D eigenvalue weighted by Crippen LogP contribution is -2.34. The molecule has 1 heterocycles. The minimum Gasteiger partial charge on any atom is -0.362 e. The molecule has 1 rings (SSSR count). The third kappa shape index (κ3) is 3.19. The van der Waals surface area contributed by atoms with E-state index in [1.54, 1.807) is 0 Å². The van der Waals surface area contributed by atoms with Gasteiger partial charge in [0.05, 0.1) is 6.04 Å². The highest BCUT2D eigenvalue weighted by Gasteiger charge is 2.19. The van der Waals surface area contributed by atoms with Crippen LogP contribution >= 0.6 is 11.8 Å². The third-order valence-corrected chi connectivity index (χ3v) is 4.08. The van der Waals surface area contributed by atoms with Crippen molar-refractivity contribution in [2.24, 2.45) is 10.9 Å². The lowest BCUT2D eigenvalue weighted by molar-refractivity contribution is 0.439. The van der Waals surface area contributed by atoms with Crippen molar-refractivity contribution in [3.05, 3.63) is 0 Å². The van der Waals surface area contributed by atoms with Gasteiger partial charge in [0.15, 0.2) is 5.17 Å². The molecule has 2 nitrogen and oxygen atoms in total. The zero-order valence-corrected chi connectivity index (χ0v) is 10.5. The molecule has 0 saturated heterocycles. The summed E-state index contributed by atoms with van der Waals surface area (Å²) in [5.41, 5.74) is 0. The predicted molar refractivity (Wildman–Crippen MR) is 66.0 cm³/mol. The van der Waals surface area contributed by atoms with Gasteiger partial charge in [-0.25, -0.2) is 0 Å². The van der Waals surface area contributed by atoms with E-state index >= 15 is 0 Å². The highest BCUT2D eigenvalue weighted by molar-refractivity contribution is 8.14. The molecule has 0 aromatic rings. The second kappa shape index (κ2) is 5.64. The van der Waals surface area contributed by atoms with Crippen LogP contribution in [0, 0.1) is 5.92 Å².